The largest absolute Gasteiger partial charge is 0.231 e. The van der Waals surface area contributed by atoms with Gasteiger partial charge in [-0.3, -0.25) is 0 Å². The van der Waals surface area contributed by atoms with Crippen molar-refractivity contribution in [3.05, 3.63) is 0 Å². The van der Waals surface area contributed by atoms with E-state index in [1.807, 2.05) is 0 Å². The summed E-state index contributed by atoms with van der Waals surface area (Å²) >= 11 is 9.53. The number of rotatable bonds is 0. The van der Waals surface area contributed by atoms with Gasteiger partial charge in [0.15, 0.2) is 0 Å². The molecule has 4 heteroatoms. The van der Waals surface area contributed by atoms with E-state index in [0.717, 1.165) is 6.08 Å². The lowest BCUT2D eigenvalue weighted by atomic mass is 11.7. The number of isocyanates is 1. The van der Waals surface area contributed by atoms with Gasteiger partial charge >= 0.3 is 0 Å². The fourth-order valence-electron chi connectivity index (χ4n) is 0. The van der Waals surface area contributed by atoms with Crippen LogP contribution in [0.5, 0.6) is 0 Å². The van der Waals surface area contributed by atoms with Gasteiger partial charge in [-0.25, -0.2) is 10.2 Å². The maximum Gasteiger partial charge on any atom is 0.231 e. The molecule has 1 N–H and O–H groups in total. The zero-order chi connectivity index (χ0) is 5.41. The Morgan fingerprint density at radius 3 is 1.67 bits per heavy atom. The number of carbonyl (C=O) groups excluding carboxylic acids is 1. The molecule has 36 valence electrons. The van der Waals surface area contributed by atoms with Crippen molar-refractivity contribution >= 4 is 29.3 Å². The summed E-state index contributed by atoms with van der Waals surface area (Å²) in [6.07, 6.45) is 0.750. The van der Waals surface area contributed by atoms with Crippen molar-refractivity contribution in [1.82, 2.24) is 0 Å². The summed E-state index contributed by atoms with van der Waals surface area (Å²) < 4.78 is 0. The fourth-order valence-corrected chi connectivity index (χ4v) is 0. The van der Waals surface area contributed by atoms with Gasteiger partial charge in [0.05, 0.1) is 5.34 Å². The normalized spacial score (nSPS) is 4.33. The first kappa shape index (κ1) is 9.35. The van der Waals surface area contributed by atoms with Crippen LogP contribution in [0.1, 0.15) is 0 Å². The second-order valence-corrected chi connectivity index (χ2v) is 1.01. The van der Waals surface area contributed by atoms with Crippen molar-refractivity contribution in [1.29, 1.82) is 5.41 Å². The lowest BCUT2D eigenvalue weighted by molar-refractivity contribution is 0.563. The molecule has 0 fully saturated rings. The third kappa shape index (κ3) is 21700. The van der Waals surface area contributed by atoms with Crippen molar-refractivity contribution in [3.8, 4) is 0 Å². The van der Waals surface area contributed by atoms with E-state index < -0.39 is 0 Å². The lowest BCUT2D eigenvalue weighted by Crippen LogP contribution is -1.24. The molecule has 0 rings (SSSR count). The van der Waals surface area contributed by atoms with E-state index in [9.17, 15) is 0 Å². The van der Waals surface area contributed by atoms with Crippen LogP contribution in [0.15, 0.2) is 0 Å². The average Bonchev–Trinajstić information content (AvgIpc) is 1.39. The van der Waals surface area contributed by atoms with Crippen LogP contribution in [0, 0.1) is 5.41 Å². The van der Waals surface area contributed by atoms with Gasteiger partial charge in [-0.1, -0.05) is 0 Å². The Bertz CT molecular complexity index is 40.8. The fraction of sp³-hybridized carbons (Fsp3) is 0.500. The van der Waals surface area contributed by atoms with Gasteiger partial charge in [0.2, 0.25) is 6.08 Å². The topological polar surface area (TPSA) is 40.9 Å². The van der Waals surface area contributed by atoms with E-state index >= 15 is 0 Å². The zero-order valence-electron chi connectivity index (χ0n) is 2.87. The summed E-state index contributed by atoms with van der Waals surface area (Å²) in [5.41, 5.74) is 0. The molecule has 0 aliphatic heterocycles. The summed E-state index contributed by atoms with van der Waals surface area (Å²) in [5.74, 6) is 0. The standard InChI is InChI=1S/CH2Cl2.CHNO/c2*2-1-3/h1H2;2H. The Balaban J connectivity index is 0. The maximum absolute atomic E-state index is 8.35. The molecule has 0 spiro atoms. The molecule has 0 unspecified atom stereocenters. The van der Waals surface area contributed by atoms with Crippen LogP contribution in [-0.4, -0.2) is 11.4 Å². The first-order valence-electron chi connectivity index (χ1n) is 0.989. The number of nitrogens with one attached hydrogen (secondary N) is 1. The van der Waals surface area contributed by atoms with Crippen LogP contribution in [0.4, 0.5) is 0 Å². The molecule has 0 aliphatic rings. The Morgan fingerprint density at radius 1 is 1.67 bits per heavy atom. The molecule has 0 amide bonds. The van der Waals surface area contributed by atoms with Crippen molar-refractivity contribution in [3.63, 3.8) is 0 Å². The molecular weight excluding hydrogens is 125 g/mol. The van der Waals surface area contributed by atoms with E-state index in [1.165, 1.54) is 0 Å². The van der Waals surface area contributed by atoms with Crippen LogP contribution < -0.4 is 0 Å². The SMILES string of the molecule is ClCCl.N=C=O. The third-order valence-corrected chi connectivity index (χ3v) is 0. The Morgan fingerprint density at radius 2 is 1.67 bits per heavy atom. The second-order valence-electron chi connectivity index (χ2n) is 0.203. The first-order chi connectivity index (χ1) is 2.83. The monoisotopic (exact) mass is 127 g/mol. The molecule has 2 nitrogen and oxygen atoms in total. The average molecular weight is 128 g/mol. The van der Waals surface area contributed by atoms with E-state index in [-0.39, 0.29) is 5.34 Å². The van der Waals surface area contributed by atoms with Crippen LogP contribution in [0.3, 0.4) is 0 Å². The van der Waals surface area contributed by atoms with E-state index in [0.29, 0.717) is 0 Å². The summed E-state index contributed by atoms with van der Waals surface area (Å²) in [4.78, 5) is 8.35. The summed E-state index contributed by atoms with van der Waals surface area (Å²) in [7, 11) is 0. The second kappa shape index (κ2) is 20.2. The van der Waals surface area contributed by atoms with E-state index in [1.54, 1.807) is 0 Å². The molecular formula is C2H3Cl2NO. The number of alkyl halides is 2. The van der Waals surface area contributed by atoms with Gasteiger partial charge < -0.3 is 0 Å². The maximum atomic E-state index is 8.35. The lowest BCUT2D eigenvalue weighted by Gasteiger charge is -1.42. The van der Waals surface area contributed by atoms with Gasteiger partial charge in [0, 0.05) is 0 Å². The molecule has 0 aromatic heterocycles. The van der Waals surface area contributed by atoms with Gasteiger partial charge in [0.25, 0.3) is 0 Å². The number of hydrogen-bond acceptors (Lipinski definition) is 2. The Kier molecular flexibility index (Phi) is 31.6. The number of hydrogen-bond donors (Lipinski definition) is 1. The molecule has 0 bridgehead atoms. The smallest absolute Gasteiger partial charge is 0.222 e. The Hall–Kier alpha value is -0.0400. The van der Waals surface area contributed by atoms with Crippen LogP contribution in [-0.2, 0) is 4.79 Å². The Labute approximate surface area is 45.6 Å². The predicted molar refractivity (Wildman–Crippen MR) is 25.0 cm³/mol. The van der Waals surface area contributed by atoms with Crippen molar-refractivity contribution in [2.24, 2.45) is 0 Å². The molecule has 0 heterocycles. The van der Waals surface area contributed by atoms with Gasteiger partial charge in [-0.15, -0.1) is 23.2 Å². The molecule has 0 aliphatic carbocycles. The van der Waals surface area contributed by atoms with Gasteiger partial charge in [-0.2, -0.15) is 0 Å². The molecule has 0 atom stereocenters. The van der Waals surface area contributed by atoms with Gasteiger partial charge in [-0.05, 0) is 0 Å². The van der Waals surface area contributed by atoms with Crippen LogP contribution in [0.25, 0.3) is 0 Å². The highest BCUT2D eigenvalue weighted by Gasteiger charge is 1.41. The highest BCUT2D eigenvalue weighted by atomic mass is 35.5. The summed E-state index contributed by atoms with van der Waals surface area (Å²) in [5, 5.41) is 5.60. The highest BCUT2D eigenvalue weighted by molar-refractivity contribution is 6.40. The quantitative estimate of drug-likeness (QED) is 0.298. The highest BCUT2D eigenvalue weighted by Crippen LogP contribution is 1.73. The molecule has 0 saturated heterocycles. The van der Waals surface area contributed by atoms with Crippen LogP contribution >= 0.6 is 23.2 Å². The molecule has 0 aromatic carbocycles. The van der Waals surface area contributed by atoms with E-state index in [2.05, 4.69) is 0 Å². The van der Waals surface area contributed by atoms with Crippen molar-refractivity contribution < 1.29 is 4.79 Å². The van der Waals surface area contributed by atoms with Gasteiger partial charge in [0.1, 0.15) is 0 Å². The zero-order valence-corrected chi connectivity index (χ0v) is 4.38. The molecule has 6 heavy (non-hydrogen) atoms. The molecule has 0 radical (unpaired) electrons. The summed E-state index contributed by atoms with van der Waals surface area (Å²) in [6, 6.07) is 0. The minimum Gasteiger partial charge on any atom is -0.222 e. The van der Waals surface area contributed by atoms with Crippen molar-refractivity contribution in [2.75, 3.05) is 5.34 Å². The number of halogens is 2. The molecule has 0 saturated carbocycles. The summed E-state index contributed by atoms with van der Waals surface area (Å²) in [6.45, 7) is 0. The van der Waals surface area contributed by atoms with Crippen LogP contribution in [0.2, 0.25) is 0 Å². The minimum absolute atomic E-state index is 0.194. The minimum atomic E-state index is 0.194. The van der Waals surface area contributed by atoms with Crippen molar-refractivity contribution in [2.45, 2.75) is 0 Å². The first-order valence-corrected chi connectivity index (χ1v) is 2.06. The molecule has 0 aromatic rings. The van der Waals surface area contributed by atoms with E-state index in [4.69, 9.17) is 33.4 Å². The predicted octanol–water partition coefficient (Wildman–Crippen LogP) is 1.32. The third-order valence-electron chi connectivity index (χ3n) is 0.